The molecule has 0 aliphatic heterocycles. The van der Waals surface area contributed by atoms with Gasteiger partial charge >= 0.3 is 24.0 Å². The Morgan fingerprint density at radius 1 is 0.535 bits per heavy atom. The number of azo groups is 2. The summed E-state index contributed by atoms with van der Waals surface area (Å²) in [5, 5.41) is 41.0. The van der Waals surface area contributed by atoms with Crippen LogP contribution in [0.3, 0.4) is 0 Å². The number of nitrogens with two attached hydrogens (primary N) is 4. The molecule has 4 rings (SSSR count). The van der Waals surface area contributed by atoms with Crippen LogP contribution in [0.25, 0.3) is 0 Å². The number of methoxy groups -OCH3 is 1. The maximum Gasteiger partial charge on any atom is 0.360 e. The smallest absolute Gasteiger partial charge is 0.360 e. The van der Waals surface area contributed by atoms with Crippen molar-refractivity contribution >= 4 is 47.2 Å². The van der Waals surface area contributed by atoms with E-state index in [1.165, 1.54) is 7.11 Å². The van der Waals surface area contributed by atoms with Gasteiger partial charge in [-0.15, -0.1) is 10.2 Å². The van der Waals surface area contributed by atoms with Gasteiger partial charge in [0.15, 0.2) is 0 Å². The molecule has 0 spiro atoms. The van der Waals surface area contributed by atoms with Gasteiger partial charge in [0.1, 0.15) is 36.7 Å². The molecule has 71 heavy (non-hydrogen) atoms. The first-order valence-corrected chi connectivity index (χ1v) is 22.9. The minimum atomic E-state index is -1.19. The number of carbonyl (C=O) groups is 6. The van der Waals surface area contributed by atoms with E-state index in [0.29, 0.717) is 37.3 Å². The second-order valence-corrected chi connectivity index (χ2v) is 16.4. The van der Waals surface area contributed by atoms with Gasteiger partial charge in [0, 0.05) is 12.8 Å². The summed E-state index contributed by atoms with van der Waals surface area (Å²) in [6.07, 6.45) is 0.306. The predicted octanol–water partition coefficient (Wildman–Crippen LogP) is 3.78. The molecule has 4 aromatic carbocycles. The van der Waals surface area contributed by atoms with Crippen molar-refractivity contribution in [2.24, 2.45) is 43.4 Å². The van der Waals surface area contributed by atoms with E-state index >= 15 is 0 Å². The zero-order valence-electron chi connectivity index (χ0n) is 40.8. The van der Waals surface area contributed by atoms with E-state index < -0.39 is 72.6 Å². The molecule has 22 heteroatoms. The Labute approximate surface area is 413 Å². The van der Waals surface area contributed by atoms with Crippen LogP contribution in [0.15, 0.2) is 118 Å². The van der Waals surface area contributed by atoms with Crippen LogP contribution in [0.4, 0.5) is 21.0 Å². The highest BCUT2D eigenvalue weighted by molar-refractivity contribution is 5.91. The summed E-state index contributed by atoms with van der Waals surface area (Å²) in [5.41, 5.74) is 28.3. The van der Waals surface area contributed by atoms with Crippen LogP contribution < -0.4 is 54.8 Å². The number of amides is 6. The Hall–Kier alpha value is -7.34. The van der Waals surface area contributed by atoms with Crippen molar-refractivity contribution in [2.75, 3.05) is 20.2 Å². The van der Waals surface area contributed by atoms with Crippen molar-refractivity contribution in [2.45, 2.75) is 103 Å². The lowest BCUT2D eigenvalue weighted by molar-refractivity contribution is -0.145. The molecule has 0 heterocycles. The summed E-state index contributed by atoms with van der Waals surface area (Å²) in [5.74, 6) is -2.97. The number of carboxylic acids is 1. The third-order valence-corrected chi connectivity index (χ3v) is 11.0. The van der Waals surface area contributed by atoms with Crippen molar-refractivity contribution in [3.8, 4) is 0 Å². The molecular weight excluding hydrogens is 913 g/mol. The quantitative estimate of drug-likeness (QED) is 0.0206. The van der Waals surface area contributed by atoms with Crippen LogP contribution in [-0.2, 0) is 36.8 Å². The number of nitrogens with zero attached hydrogens (tertiary/aromatic N) is 4. The minimum absolute atomic E-state index is 0.146. The fourth-order valence-electron chi connectivity index (χ4n) is 6.70. The molecule has 0 aliphatic carbocycles. The van der Waals surface area contributed by atoms with E-state index in [2.05, 4.69) is 52.4 Å². The van der Waals surface area contributed by atoms with E-state index in [4.69, 9.17) is 27.7 Å². The number of ether oxygens (including phenoxy) is 1. The van der Waals surface area contributed by atoms with Crippen molar-refractivity contribution < 1.29 is 38.6 Å². The number of esters is 1. The fraction of sp³-hybridized carbons (Fsp3) is 0.388. The van der Waals surface area contributed by atoms with Crippen LogP contribution >= 0.6 is 0 Å². The zero-order chi connectivity index (χ0) is 52.3. The molecule has 15 N–H and O–H groups in total. The maximum absolute atomic E-state index is 13.2. The summed E-state index contributed by atoms with van der Waals surface area (Å²) < 4.78 is 4.83. The second-order valence-electron chi connectivity index (χ2n) is 16.4. The van der Waals surface area contributed by atoms with Crippen molar-refractivity contribution in [1.82, 2.24) is 31.9 Å². The average Bonchev–Trinajstić information content (AvgIpc) is 3.34. The highest BCUT2D eigenvalue weighted by atomic mass is 16.5. The zero-order valence-corrected chi connectivity index (χ0v) is 40.8. The molecule has 0 aliphatic rings. The van der Waals surface area contributed by atoms with Gasteiger partial charge in [0.2, 0.25) is 11.8 Å². The Bertz CT molecular complexity index is 2400. The van der Waals surface area contributed by atoms with E-state index in [-0.39, 0.29) is 25.7 Å². The predicted molar refractivity (Wildman–Crippen MR) is 268 cm³/mol. The lowest BCUT2D eigenvalue weighted by Crippen LogP contribution is -2.52. The highest BCUT2D eigenvalue weighted by Crippen LogP contribution is 2.22. The molecule has 0 saturated carbocycles. The second kappa shape index (κ2) is 31.0. The van der Waals surface area contributed by atoms with Crippen molar-refractivity contribution in [3.63, 3.8) is 0 Å². The van der Waals surface area contributed by atoms with E-state index in [1.807, 2.05) is 100 Å². The van der Waals surface area contributed by atoms with E-state index in [1.54, 1.807) is 24.3 Å². The van der Waals surface area contributed by atoms with Gasteiger partial charge in [-0.25, -0.2) is 19.2 Å². The monoisotopic (exact) mass is 981 g/mol. The van der Waals surface area contributed by atoms with Gasteiger partial charge in [0.25, 0.3) is 0 Å². The topological polar surface area (TPSA) is 358 Å². The molecule has 0 fully saturated rings. The van der Waals surface area contributed by atoms with E-state index in [9.17, 15) is 33.9 Å². The lowest BCUT2D eigenvalue weighted by Gasteiger charge is -2.22. The summed E-state index contributed by atoms with van der Waals surface area (Å²) in [4.78, 5) is 75.2. The summed E-state index contributed by atoms with van der Waals surface area (Å²) in [6, 6.07) is 23.5. The number of benzene rings is 4. The number of urea groups is 2. The normalized spacial score (nSPS) is 12.9. The first-order valence-electron chi connectivity index (χ1n) is 22.9. The van der Waals surface area contributed by atoms with Gasteiger partial charge in [0.05, 0.1) is 18.5 Å². The third kappa shape index (κ3) is 21.9. The molecule has 0 bridgehead atoms. The molecule has 4 aromatic rings. The van der Waals surface area contributed by atoms with Crippen molar-refractivity contribution in [1.29, 1.82) is 0 Å². The average molecular weight is 981 g/mol. The summed E-state index contributed by atoms with van der Waals surface area (Å²) >= 11 is 0. The Morgan fingerprint density at radius 3 is 1.31 bits per heavy atom. The summed E-state index contributed by atoms with van der Waals surface area (Å²) in [6.45, 7) is 8.46. The first kappa shape index (κ1) is 58.0. The summed E-state index contributed by atoms with van der Waals surface area (Å²) in [7, 11) is 1.24. The fourth-order valence-corrected chi connectivity index (χ4v) is 6.70. The van der Waals surface area contributed by atoms with Gasteiger partial charge in [-0.2, -0.15) is 0 Å². The molecule has 4 unspecified atom stereocenters. The van der Waals surface area contributed by atoms with E-state index in [0.717, 1.165) is 33.4 Å². The van der Waals surface area contributed by atoms with Crippen LogP contribution in [-0.4, -0.2) is 97.9 Å². The Kier molecular flexibility index (Phi) is 25.3. The number of hydrogen-bond acceptors (Lipinski definition) is 15. The van der Waals surface area contributed by atoms with Gasteiger partial charge in [-0.3, -0.25) is 20.2 Å². The number of nitrogens with one attached hydrogen (secondary N) is 6. The van der Waals surface area contributed by atoms with Gasteiger partial charge in [-0.05, 0) is 112 Å². The number of carbonyl (C=O) groups excluding carboxylic acids is 5. The van der Waals surface area contributed by atoms with Crippen LogP contribution in [0.5, 0.6) is 0 Å². The van der Waals surface area contributed by atoms with Gasteiger partial charge < -0.3 is 54.0 Å². The molecule has 4 atom stereocenters. The van der Waals surface area contributed by atoms with Crippen LogP contribution in [0.2, 0.25) is 0 Å². The lowest BCUT2D eigenvalue weighted by atomic mass is 10.0. The largest absolute Gasteiger partial charge is 0.480 e. The number of carboxylic acid groups (broad SMARTS) is 1. The molecule has 0 radical (unpaired) electrons. The molecule has 0 aromatic heterocycles. The first-order chi connectivity index (χ1) is 33.9. The standard InChI is InChI=1S/C25H35N7O4.C24H33N7O4/c1-16-9-7-12-19(17(16)2)31-32-25(35)30-21(15-18-10-5-4-6-11-18)22(33)29-20(23(34)36-3)13-8-14-28-24(26)27;1-15-8-6-11-18(16(15)2)30-31-24(35)29-20(14-17-9-4-3-5-10-17)21(32)28-19(22(33)34)12-7-13-27-23(25)26/h4-7,9-12,20-21,24,28H,8,13-15,26-27H2,1-3H3,(H,29,33)(H,30,35);3-6,8-11,19-20,23,27H,7,12-14,25-26H2,1-2H3,(H,28,32)(H,29,35)(H,33,34). The number of hydrogen-bond donors (Lipinski definition) is 11. The highest BCUT2D eigenvalue weighted by Gasteiger charge is 2.29. The molecule has 0 saturated heterocycles. The van der Waals surface area contributed by atoms with Crippen molar-refractivity contribution in [3.05, 3.63) is 130 Å². The van der Waals surface area contributed by atoms with Crippen LogP contribution in [0, 0.1) is 27.7 Å². The molecule has 382 valence electrons. The number of aliphatic carboxylic acids is 1. The molecule has 6 amide bonds. The molecular formula is C49H68N14O8. The molecule has 22 nitrogen and oxygen atoms in total. The third-order valence-electron chi connectivity index (χ3n) is 11.0. The number of aryl methyl sites for hydroxylation is 2. The minimum Gasteiger partial charge on any atom is -0.480 e. The number of rotatable bonds is 24. The maximum atomic E-state index is 13.2. The SMILES string of the molecule is COC(=O)C(CCCNC(N)N)NC(=O)C(Cc1ccccc1)NC(=O)N=Nc1cccc(C)c1C.Cc1cccc(N=NC(=O)NC(Cc2ccccc2)C(=O)NC(CCCNC(N)N)C(=O)O)c1C. The Balaban J connectivity index is 0.000000375. The van der Waals surface area contributed by atoms with Gasteiger partial charge in [-0.1, -0.05) is 95.2 Å². The van der Waals surface area contributed by atoms with Crippen LogP contribution in [0.1, 0.15) is 59.1 Å². The Morgan fingerprint density at radius 2 is 0.930 bits per heavy atom.